The molecule has 5 rings (SSSR count). The molecule has 1 N–H and O–H groups in total. The second kappa shape index (κ2) is 20.0. The van der Waals surface area contributed by atoms with E-state index in [1.54, 1.807) is 7.11 Å². The van der Waals surface area contributed by atoms with Gasteiger partial charge in [-0.25, -0.2) is 0 Å². The number of anilines is 1. The van der Waals surface area contributed by atoms with Crippen LogP contribution in [0.2, 0.25) is 0 Å². The fourth-order valence-electron chi connectivity index (χ4n) is 6.99. The van der Waals surface area contributed by atoms with Crippen LogP contribution in [0.4, 0.5) is 5.69 Å². The topological polar surface area (TPSA) is 88.1 Å². The van der Waals surface area contributed by atoms with Crippen molar-refractivity contribution in [3.8, 4) is 16.9 Å². The molecule has 53 heavy (non-hydrogen) atoms. The summed E-state index contributed by atoms with van der Waals surface area (Å²) < 4.78 is 40.0. The molecule has 0 bridgehead atoms. The summed E-state index contributed by atoms with van der Waals surface area (Å²) in [5.41, 5.74) is 12.4. The highest BCUT2D eigenvalue weighted by Gasteiger charge is 2.47. The summed E-state index contributed by atoms with van der Waals surface area (Å²) in [6.07, 6.45) is 0. The van der Waals surface area contributed by atoms with Crippen LogP contribution in [0.5, 0.6) is 5.75 Å². The molecule has 1 aliphatic carbocycles. The molecule has 0 aromatic heterocycles. The molecule has 0 saturated heterocycles. The smallest absolute Gasteiger partial charge is 0.143 e. The first-order chi connectivity index (χ1) is 25.8. The van der Waals surface area contributed by atoms with Gasteiger partial charge in [-0.15, -0.1) is 0 Å². The van der Waals surface area contributed by atoms with Gasteiger partial charge in [-0.05, 0) is 77.4 Å². The number of benzene rings is 4. The predicted octanol–water partition coefficient (Wildman–Crippen LogP) is 6.64. The molecule has 4 aromatic rings. The quantitative estimate of drug-likeness (QED) is 0.0745. The van der Waals surface area contributed by atoms with Crippen LogP contribution < -0.4 is 9.64 Å². The Hall–Kier alpha value is -3.80. The van der Waals surface area contributed by atoms with Crippen LogP contribution in [0.1, 0.15) is 44.5 Å². The summed E-state index contributed by atoms with van der Waals surface area (Å²) in [6.45, 7) is 12.1. The van der Waals surface area contributed by atoms with Crippen LogP contribution in [-0.4, -0.2) is 106 Å². The summed E-state index contributed by atoms with van der Waals surface area (Å²) in [5, 5.41) is 8.88. The summed E-state index contributed by atoms with van der Waals surface area (Å²) in [5.74, 6) is 0.805. The zero-order valence-corrected chi connectivity index (χ0v) is 32.4. The second-order valence-corrected chi connectivity index (χ2v) is 13.6. The third-order valence-electron chi connectivity index (χ3n) is 9.63. The van der Waals surface area contributed by atoms with Crippen LogP contribution in [0, 0.1) is 20.8 Å². The van der Waals surface area contributed by atoms with Crippen molar-refractivity contribution in [3.05, 3.63) is 117 Å². The monoisotopic (exact) mass is 727 g/mol. The summed E-state index contributed by atoms with van der Waals surface area (Å²) in [6, 6.07) is 27.2. The highest BCUT2D eigenvalue weighted by atomic mass is 16.6. The Morgan fingerprint density at radius 3 is 1.68 bits per heavy atom. The van der Waals surface area contributed by atoms with Crippen molar-refractivity contribution in [3.63, 3.8) is 0 Å². The Bertz CT molecular complexity index is 1700. The second-order valence-electron chi connectivity index (χ2n) is 13.6. The number of fused-ring (bicyclic) bond motifs is 3. The van der Waals surface area contributed by atoms with Crippen molar-refractivity contribution in [1.29, 1.82) is 0 Å². The lowest BCUT2D eigenvalue weighted by Gasteiger charge is -2.35. The van der Waals surface area contributed by atoms with E-state index in [1.165, 1.54) is 44.5 Å². The summed E-state index contributed by atoms with van der Waals surface area (Å²) >= 11 is 0. The van der Waals surface area contributed by atoms with Crippen molar-refractivity contribution >= 4 is 5.69 Å². The lowest BCUT2D eigenvalue weighted by Crippen LogP contribution is -2.29. The van der Waals surface area contributed by atoms with Crippen LogP contribution in [0.25, 0.3) is 11.1 Å². The van der Waals surface area contributed by atoms with E-state index in [4.69, 9.17) is 38.3 Å². The van der Waals surface area contributed by atoms with E-state index in [2.05, 4.69) is 98.5 Å². The molecule has 0 unspecified atom stereocenters. The maximum atomic E-state index is 8.88. The molecule has 0 fully saturated rings. The molecule has 0 radical (unpaired) electrons. The number of aryl methyl sites for hydroxylation is 3. The minimum atomic E-state index is -0.609. The van der Waals surface area contributed by atoms with E-state index in [0.717, 1.165) is 22.6 Å². The molecule has 0 heterocycles. The van der Waals surface area contributed by atoms with Crippen molar-refractivity contribution in [1.82, 2.24) is 0 Å². The minimum Gasteiger partial charge on any atom is -0.489 e. The fraction of sp³-hybridized carbons (Fsp3) is 0.455. The van der Waals surface area contributed by atoms with Crippen LogP contribution in [0.15, 0.2) is 72.8 Å². The molecule has 0 aliphatic heterocycles. The molecule has 0 amide bonds. The Morgan fingerprint density at radius 2 is 1.09 bits per heavy atom. The summed E-state index contributed by atoms with van der Waals surface area (Å²) in [7, 11) is 5.75. The number of aliphatic hydroxyl groups excluding tert-OH is 1. The highest BCUT2D eigenvalue weighted by Crippen LogP contribution is 2.57. The molecule has 0 spiro atoms. The van der Waals surface area contributed by atoms with Gasteiger partial charge in [0, 0.05) is 21.2 Å². The average Bonchev–Trinajstić information content (AvgIpc) is 3.43. The van der Waals surface area contributed by atoms with Crippen molar-refractivity contribution < 1.29 is 38.3 Å². The molecule has 1 aliphatic rings. The highest BCUT2D eigenvalue weighted by molar-refractivity contribution is 5.87. The zero-order valence-electron chi connectivity index (χ0n) is 32.4. The van der Waals surface area contributed by atoms with Crippen molar-refractivity contribution in [2.24, 2.45) is 0 Å². The molecule has 286 valence electrons. The molecule has 4 aromatic carbocycles. The largest absolute Gasteiger partial charge is 0.489 e. The van der Waals surface area contributed by atoms with Crippen LogP contribution in [-0.2, 0) is 40.4 Å². The maximum absolute atomic E-state index is 8.88. The molecular weight excluding hydrogens is 670 g/mol. The zero-order chi connectivity index (χ0) is 37.6. The number of methoxy groups -OCH3 is 1. The Morgan fingerprint density at radius 1 is 0.566 bits per heavy atom. The maximum Gasteiger partial charge on any atom is 0.143 e. The first-order valence-electron chi connectivity index (χ1n) is 18.6. The van der Waals surface area contributed by atoms with Gasteiger partial charge in [0.25, 0.3) is 0 Å². The van der Waals surface area contributed by atoms with E-state index in [0.29, 0.717) is 79.3 Å². The normalized spacial score (nSPS) is 12.9. The van der Waals surface area contributed by atoms with Crippen molar-refractivity contribution in [2.75, 3.05) is 105 Å². The molecule has 9 nitrogen and oxygen atoms in total. The van der Waals surface area contributed by atoms with Gasteiger partial charge < -0.3 is 43.2 Å². The lowest BCUT2D eigenvalue weighted by atomic mass is 9.67. The number of aliphatic hydroxyl groups is 1. The van der Waals surface area contributed by atoms with E-state index < -0.39 is 5.41 Å². The number of rotatable bonds is 23. The fourth-order valence-corrected chi connectivity index (χ4v) is 6.99. The Kier molecular flexibility index (Phi) is 15.3. The first kappa shape index (κ1) is 40.4. The predicted molar refractivity (Wildman–Crippen MR) is 210 cm³/mol. The van der Waals surface area contributed by atoms with Gasteiger partial charge in [0.15, 0.2) is 0 Å². The Labute approximate surface area is 315 Å². The lowest BCUT2D eigenvalue weighted by molar-refractivity contribution is 0.00443. The van der Waals surface area contributed by atoms with Crippen LogP contribution in [0.3, 0.4) is 0 Å². The molecular formula is C44H57NO8. The van der Waals surface area contributed by atoms with E-state index in [-0.39, 0.29) is 6.61 Å². The van der Waals surface area contributed by atoms with Gasteiger partial charge in [-0.1, -0.05) is 71.8 Å². The summed E-state index contributed by atoms with van der Waals surface area (Å²) in [4.78, 5) is 2.09. The number of hydrogen-bond acceptors (Lipinski definition) is 9. The van der Waals surface area contributed by atoms with Gasteiger partial charge in [0.2, 0.25) is 0 Å². The number of ether oxygens (including phenoxy) is 7. The first-order valence-corrected chi connectivity index (χ1v) is 18.6. The van der Waals surface area contributed by atoms with Gasteiger partial charge in [0.05, 0.1) is 90.4 Å². The van der Waals surface area contributed by atoms with Gasteiger partial charge in [-0.2, -0.15) is 0 Å². The van der Waals surface area contributed by atoms with Gasteiger partial charge in [-0.3, -0.25) is 0 Å². The Balaban J connectivity index is 1.49. The molecule has 9 heteroatoms. The number of hydrogen-bond donors (Lipinski definition) is 1. The average molecular weight is 728 g/mol. The third kappa shape index (κ3) is 9.85. The molecule has 0 atom stereocenters. The van der Waals surface area contributed by atoms with Gasteiger partial charge >= 0.3 is 0 Å². The van der Waals surface area contributed by atoms with Crippen LogP contribution >= 0.6 is 0 Å². The minimum absolute atomic E-state index is 0.0120. The van der Waals surface area contributed by atoms with E-state index in [1.807, 2.05) is 14.1 Å². The SMILES string of the molecule is COCCOCCOCCOc1cc(C2(c3ccc(C)c(COCCOCCOCCO)c3)c3cc(C)ccc3-c3ccc(C)cc32)ccc1N(C)C. The van der Waals surface area contributed by atoms with Gasteiger partial charge in [0.1, 0.15) is 12.4 Å². The van der Waals surface area contributed by atoms with E-state index in [9.17, 15) is 0 Å². The van der Waals surface area contributed by atoms with E-state index >= 15 is 0 Å². The molecule has 0 saturated carbocycles. The third-order valence-corrected chi connectivity index (χ3v) is 9.63. The van der Waals surface area contributed by atoms with Crippen molar-refractivity contribution in [2.45, 2.75) is 32.8 Å². The number of nitrogens with zero attached hydrogens (tertiary/aromatic N) is 1. The standard InChI is InChI=1S/C44H57NO8/c1-32-7-12-38-39-13-8-33(2)28-41(39)44(40(38)27-32,36-10-9-34(3)35(29-36)31-52-24-23-50-20-19-48-16-15-46)37-11-14-42(45(4)5)43(30-37)53-26-25-51-22-21-49-18-17-47-6/h7-14,27-30,46H,15-26,31H2,1-6H3.